The number of hydrogen-bond acceptors (Lipinski definition) is 3. The molecule has 4 rings (SSSR count). The van der Waals surface area contributed by atoms with Crippen LogP contribution < -0.4 is 0 Å². The molecule has 118 valence electrons. The van der Waals surface area contributed by atoms with Crippen molar-refractivity contribution in [3.63, 3.8) is 0 Å². The molecule has 1 aromatic carbocycles. The topological polar surface area (TPSA) is 49.2 Å². The molecule has 1 fully saturated rings. The van der Waals surface area contributed by atoms with Gasteiger partial charge in [0.15, 0.2) is 0 Å². The molecule has 1 aliphatic heterocycles. The van der Waals surface area contributed by atoms with E-state index in [0.29, 0.717) is 5.25 Å². The molecule has 1 atom stereocenters. The Hall–Kier alpha value is -2.14. The Labute approximate surface area is 138 Å². The molecule has 0 aliphatic carbocycles. The molecule has 3 heterocycles. The summed E-state index contributed by atoms with van der Waals surface area (Å²) in [5.41, 5.74) is 1.82. The van der Waals surface area contributed by atoms with Gasteiger partial charge in [0.1, 0.15) is 5.76 Å². The third kappa shape index (κ3) is 2.88. The van der Waals surface area contributed by atoms with Gasteiger partial charge in [-0.3, -0.25) is 4.79 Å². The van der Waals surface area contributed by atoms with E-state index in [9.17, 15) is 4.79 Å². The molecule has 23 heavy (non-hydrogen) atoms. The number of furan rings is 1. The number of fused-ring (bicyclic) bond motifs is 1. The largest absolute Gasteiger partial charge is 0.468 e. The van der Waals surface area contributed by atoms with E-state index in [1.54, 1.807) is 6.26 Å². The molecule has 1 N–H and O–H groups in total. The van der Waals surface area contributed by atoms with Crippen molar-refractivity contribution in [1.82, 2.24) is 9.88 Å². The average molecular weight is 326 g/mol. The van der Waals surface area contributed by atoms with E-state index in [1.165, 1.54) is 0 Å². The highest BCUT2D eigenvalue weighted by Gasteiger charge is 2.24. The number of carbonyl (C=O) groups excluding carboxylic acids is 1. The predicted octanol–water partition coefficient (Wildman–Crippen LogP) is 4.08. The molecule has 0 radical (unpaired) electrons. The van der Waals surface area contributed by atoms with Crippen molar-refractivity contribution in [2.45, 2.75) is 11.7 Å². The van der Waals surface area contributed by atoms with Gasteiger partial charge in [-0.25, -0.2) is 0 Å². The van der Waals surface area contributed by atoms with Crippen LogP contribution in [0.3, 0.4) is 0 Å². The molecule has 0 spiro atoms. The second-order valence-corrected chi connectivity index (χ2v) is 7.05. The highest BCUT2D eigenvalue weighted by Crippen LogP contribution is 2.34. The Kier molecular flexibility index (Phi) is 3.87. The van der Waals surface area contributed by atoms with Crippen LogP contribution in [0.1, 0.15) is 27.8 Å². The molecule has 2 aromatic heterocycles. The van der Waals surface area contributed by atoms with E-state index in [4.69, 9.17) is 4.42 Å². The van der Waals surface area contributed by atoms with Gasteiger partial charge in [-0.1, -0.05) is 0 Å². The third-order valence-electron chi connectivity index (χ3n) is 4.29. The van der Waals surface area contributed by atoms with Crippen molar-refractivity contribution < 1.29 is 9.21 Å². The van der Waals surface area contributed by atoms with E-state index >= 15 is 0 Å². The first-order valence-corrected chi connectivity index (χ1v) is 8.87. The first-order chi connectivity index (χ1) is 11.3. The van der Waals surface area contributed by atoms with Crippen LogP contribution in [0.5, 0.6) is 0 Å². The number of nitrogens with one attached hydrogen (secondary N) is 1. The molecule has 5 heteroatoms. The Morgan fingerprint density at radius 1 is 1.26 bits per heavy atom. The average Bonchev–Trinajstić information content (AvgIpc) is 3.21. The summed E-state index contributed by atoms with van der Waals surface area (Å²) in [5.74, 6) is 2.07. The minimum atomic E-state index is 0.119. The van der Waals surface area contributed by atoms with Crippen LogP contribution in [-0.4, -0.2) is 34.6 Å². The first-order valence-electron chi connectivity index (χ1n) is 7.83. The smallest absolute Gasteiger partial charge is 0.253 e. The standard InChI is InChI=1S/C18H18N2O2S/c21-18(14-3-4-15-13(12-14)5-7-19-15)20-8-6-17(23-11-9-20)16-2-1-10-22-16/h1-5,7,10,12,17,19H,6,8-9,11H2. The number of carbonyl (C=O) groups is 1. The summed E-state index contributed by atoms with van der Waals surface area (Å²) < 4.78 is 5.52. The first kappa shape index (κ1) is 14.5. The van der Waals surface area contributed by atoms with Gasteiger partial charge in [-0.05, 0) is 42.8 Å². The second-order valence-electron chi connectivity index (χ2n) is 5.74. The monoisotopic (exact) mass is 326 g/mol. The zero-order valence-corrected chi connectivity index (χ0v) is 13.5. The van der Waals surface area contributed by atoms with E-state index in [2.05, 4.69) is 4.98 Å². The molecule has 0 bridgehead atoms. The van der Waals surface area contributed by atoms with Crippen LogP contribution >= 0.6 is 11.8 Å². The van der Waals surface area contributed by atoms with Gasteiger partial charge in [0.25, 0.3) is 5.91 Å². The minimum Gasteiger partial charge on any atom is -0.468 e. The van der Waals surface area contributed by atoms with E-state index in [1.807, 2.05) is 59.3 Å². The van der Waals surface area contributed by atoms with Crippen molar-refractivity contribution in [2.75, 3.05) is 18.8 Å². The molecular weight excluding hydrogens is 308 g/mol. The van der Waals surface area contributed by atoms with Crippen LogP contribution in [0.15, 0.2) is 53.3 Å². The lowest BCUT2D eigenvalue weighted by molar-refractivity contribution is 0.0766. The van der Waals surface area contributed by atoms with Crippen molar-refractivity contribution in [1.29, 1.82) is 0 Å². The molecule has 0 saturated carbocycles. The van der Waals surface area contributed by atoms with E-state index < -0.39 is 0 Å². The predicted molar refractivity (Wildman–Crippen MR) is 92.7 cm³/mol. The van der Waals surface area contributed by atoms with Crippen LogP contribution in [0.4, 0.5) is 0 Å². The number of nitrogens with zero attached hydrogens (tertiary/aromatic N) is 1. The summed E-state index contributed by atoms with van der Waals surface area (Å²) >= 11 is 1.87. The number of thioether (sulfide) groups is 1. The van der Waals surface area contributed by atoms with Crippen LogP contribution in [0.25, 0.3) is 10.9 Å². The molecule has 1 amide bonds. The van der Waals surface area contributed by atoms with Gasteiger partial charge >= 0.3 is 0 Å². The van der Waals surface area contributed by atoms with Gasteiger partial charge in [-0.2, -0.15) is 0 Å². The lowest BCUT2D eigenvalue weighted by Crippen LogP contribution is -2.32. The fraction of sp³-hybridized carbons (Fsp3) is 0.278. The SMILES string of the molecule is O=C(c1ccc2[nH]ccc2c1)N1CCSC(c2ccco2)CC1. The number of H-pyrrole nitrogens is 1. The number of amides is 1. The maximum absolute atomic E-state index is 12.8. The minimum absolute atomic E-state index is 0.119. The van der Waals surface area contributed by atoms with Crippen LogP contribution in [0, 0.1) is 0 Å². The van der Waals surface area contributed by atoms with Crippen LogP contribution in [0.2, 0.25) is 0 Å². The summed E-state index contributed by atoms with van der Waals surface area (Å²) in [6.45, 7) is 1.55. The lowest BCUT2D eigenvalue weighted by atomic mass is 10.1. The van der Waals surface area contributed by atoms with Gasteiger partial charge < -0.3 is 14.3 Å². The Morgan fingerprint density at radius 3 is 3.09 bits per heavy atom. The molecule has 3 aromatic rings. The molecular formula is C18H18N2O2S. The van der Waals surface area contributed by atoms with Crippen molar-refractivity contribution in [2.24, 2.45) is 0 Å². The Balaban J connectivity index is 1.50. The zero-order valence-electron chi connectivity index (χ0n) is 12.7. The van der Waals surface area contributed by atoms with Crippen molar-refractivity contribution in [3.05, 3.63) is 60.2 Å². The summed E-state index contributed by atoms with van der Waals surface area (Å²) in [6.07, 6.45) is 4.54. The number of aromatic amines is 1. The summed E-state index contributed by atoms with van der Waals surface area (Å²) in [4.78, 5) is 17.9. The number of aromatic nitrogens is 1. The summed E-state index contributed by atoms with van der Waals surface area (Å²) in [5, 5.41) is 1.42. The number of hydrogen-bond donors (Lipinski definition) is 1. The Bertz CT molecular complexity index is 809. The maximum atomic E-state index is 12.8. The summed E-state index contributed by atoms with van der Waals surface area (Å²) in [7, 11) is 0. The molecule has 4 nitrogen and oxygen atoms in total. The maximum Gasteiger partial charge on any atom is 0.253 e. The van der Waals surface area contributed by atoms with Gasteiger partial charge in [0.2, 0.25) is 0 Å². The van der Waals surface area contributed by atoms with E-state index in [-0.39, 0.29) is 5.91 Å². The Morgan fingerprint density at radius 2 is 2.22 bits per heavy atom. The third-order valence-corrected chi connectivity index (χ3v) is 5.58. The number of rotatable bonds is 2. The molecule has 1 unspecified atom stereocenters. The molecule has 1 aliphatic rings. The van der Waals surface area contributed by atoms with Crippen molar-refractivity contribution >= 4 is 28.6 Å². The summed E-state index contributed by atoms with van der Waals surface area (Å²) in [6, 6.07) is 11.8. The number of benzene rings is 1. The fourth-order valence-electron chi connectivity index (χ4n) is 3.04. The van der Waals surface area contributed by atoms with Crippen molar-refractivity contribution in [3.8, 4) is 0 Å². The zero-order chi connectivity index (χ0) is 15.6. The fourth-order valence-corrected chi connectivity index (χ4v) is 4.23. The molecule has 1 saturated heterocycles. The van der Waals surface area contributed by atoms with E-state index in [0.717, 1.165) is 47.5 Å². The van der Waals surface area contributed by atoms with Gasteiger partial charge in [0.05, 0.1) is 11.5 Å². The second kappa shape index (κ2) is 6.16. The van der Waals surface area contributed by atoms with Crippen LogP contribution in [-0.2, 0) is 0 Å². The van der Waals surface area contributed by atoms with Gasteiger partial charge in [0, 0.05) is 41.5 Å². The lowest BCUT2D eigenvalue weighted by Gasteiger charge is -2.20. The van der Waals surface area contributed by atoms with Gasteiger partial charge in [-0.15, -0.1) is 11.8 Å². The highest BCUT2D eigenvalue weighted by atomic mass is 32.2. The quantitative estimate of drug-likeness (QED) is 0.772. The highest BCUT2D eigenvalue weighted by molar-refractivity contribution is 7.99. The normalized spacial score (nSPS) is 19.0.